The van der Waals surface area contributed by atoms with Crippen LogP contribution < -0.4 is 5.73 Å². The summed E-state index contributed by atoms with van der Waals surface area (Å²) < 4.78 is 12.6. The molecule has 4 atom stereocenters. The van der Waals surface area contributed by atoms with Gasteiger partial charge in [-0.3, -0.25) is 4.79 Å². The second-order valence-electron chi connectivity index (χ2n) is 6.70. The third-order valence-corrected chi connectivity index (χ3v) is 4.70. The van der Waals surface area contributed by atoms with E-state index in [-0.39, 0.29) is 18.3 Å². The molecule has 0 bridgehead atoms. The highest BCUT2D eigenvalue weighted by molar-refractivity contribution is 5.71. The van der Waals surface area contributed by atoms with Crippen LogP contribution in [0, 0.1) is 23.2 Å². The number of ether oxygens (including phenoxy) is 2. The molecule has 1 fully saturated rings. The van der Waals surface area contributed by atoms with Crippen LogP contribution in [0.1, 0.15) is 19.5 Å². The maximum Gasteiger partial charge on any atom is 0.308 e. The molecular weight excluding hydrogens is 350 g/mol. The Hall–Kier alpha value is -2.96. The number of nitrogens with zero attached hydrogens (tertiary/aromatic N) is 4. The Morgan fingerprint density at radius 3 is 3.00 bits per heavy atom. The topological polar surface area (TPSA) is 136 Å². The molecule has 1 saturated heterocycles. The van der Waals surface area contributed by atoms with Gasteiger partial charge >= 0.3 is 5.97 Å². The lowest BCUT2D eigenvalue weighted by Crippen LogP contribution is -2.34. The molecule has 0 aliphatic carbocycles. The minimum Gasteiger partial charge on any atom is -0.463 e. The van der Waals surface area contributed by atoms with Crippen LogP contribution in [0.5, 0.6) is 0 Å². The van der Waals surface area contributed by atoms with E-state index in [2.05, 4.69) is 22.7 Å². The molecule has 1 aliphatic heterocycles. The number of aliphatic hydroxyl groups is 1. The van der Waals surface area contributed by atoms with E-state index >= 15 is 0 Å². The molecule has 2 aromatic rings. The highest BCUT2D eigenvalue weighted by atomic mass is 16.6. The molecule has 0 unspecified atom stereocenters. The number of hydrogen-bond donors (Lipinski definition) is 2. The summed E-state index contributed by atoms with van der Waals surface area (Å²) in [7, 11) is 0. The number of carbonyl (C=O) groups is 1. The van der Waals surface area contributed by atoms with Crippen molar-refractivity contribution in [1.29, 1.82) is 5.26 Å². The van der Waals surface area contributed by atoms with Crippen molar-refractivity contribution in [1.82, 2.24) is 14.6 Å². The van der Waals surface area contributed by atoms with Crippen molar-refractivity contribution >= 4 is 17.3 Å². The first-order valence-corrected chi connectivity index (χ1v) is 8.50. The van der Waals surface area contributed by atoms with E-state index in [0.29, 0.717) is 11.2 Å². The molecule has 0 aromatic carbocycles. The van der Waals surface area contributed by atoms with Crippen LogP contribution in [-0.4, -0.2) is 44.5 Å². The molecule has 142 valence electrons. The molecule has 9 nitrogen and oxygen atoms in total. The van der Waals surface area contributed by atoms with E-state index in [1.54, 1.807) is 26.0 Å². The number of hydrogen-bond acceptors (Lipinski definition) is 8. The zero-order valence-corrected chi connectivity index (χ0v) is 15.1. The lowest BCUT2D eigenvalue weighted by Gasteiger charge is -2.25. The maximum atomic E-state index is 11.7. The van der Waals surface area contributed by atoms with Gasteiger partial charge in [-0.05, 0) is 12.1 Å². The fourth-order valence-electron chi connectivity index (χ4n) is 3.25. The smallest absolute Gasteiger partial charge is 0.308 e. The number of nitriles is 1. The van der Waals surface area contributed by atoms with E-state index in [1.165, 1.54) is 16.9 Å². The average Bonchev–Trinajstić information content (AvgIpc) is 3.20. The summed E-state index contributed by atoms with van der Waals surface area (Å²) >= 11 is 0. The van der Waals surface area contributed by atoms with Gasteiger partial charge in [0.2, 0.25) is 5.60 Å². The van der Waals surface area contributed by atoms with E-state index < -0.39 is 29.7 Å². The number of esters is 1. The number of anilines is 1. The second kappa shape index (κ2) is 6.98. The molecule has 3 rings (SSSR count). The number of nitrogens with two attached hydrogens (primary N) is 1. The standard InChI is InChI=1S/C18H21N5O4/c1-4-11-15(24)13(7-26-17(25)10(2)3)27-18(11,8-19)14-6-5-12-16(20)21-9-22-23(12)14/h4-6,9-11,13,15,24H,1,7H2,2-3H3,(H2,20,21,22)/t11-,13-,15+,18-/m1/s1. The third kappa shape index (κ3) is 2.93. The molecule has 0 spiro atoms. The number of aromatic nitrogens is 3. The van der Waals surface area contributed by atoms with Gasteiger partial charge in [0, 0.05) is 0 Å². The zero-order chi connectivity index (χ0) is 19.8. The predicted molar refractivity (Wildman–Crippen MR) is 95.1 cm³/mol. The van der Waals surface area contributed by atoms with Crippen molar-refractivity contribution in [3.8, 4) is 6.07 Å². The molecule has 0 saturated carbocycles. The maximum absolute atomic E-state index is 11.7. The van der Waals surface area contributed by atoms with Gasteiger partial charge in [0.15, 0.2) is 5.82 Å². The summed E-state index contributed by atoms with van der Waals surface area (Å²) in [5, 5.41) is 24.8. The largest absolute Gasteiger partial charge is 0.463 e. The molecule has 27 heavy (non-hydrogen) atoms. The van der Waals surface area contributed by atoms with Crippen molar-refractivity contribution in [3.63, 3.8) is 0 Å². The lowest BCUT2D eigenvalue weighted by molar-refractivity contribution is -0.154. The fraction of sp³-hybridized carbons (Fsp3) is 0.444. The normalized spacial score (nSPS) is 27.6. The summed E-state index contributed by atoms with van der Waals surface area (Å²) in [5.74, 6) is -1.24. The van der Waals surface area contributed by atoms with Crippen molar-refractivity contribution in [2.75, 3.05) is 12.3 Å². The van der Waals surface area contributed by atoms with Crippen LogP contribution in [0.4, 0.5) is 5.82 Å². The van der Waals surface area contributed by atoms with Gasteiger partial charge in [-0.1, -0.05) is 19.9 Å². The van der Waals surface area contributed by atoms with Crippen LogP contribution >= 0.6 is 0 Å². The molecule has 2 aromatic heterocycles. The van der Waals surface area contributed by atoms with Crippen LogP contribution in [-0.2, 0) is 19.9 Å². The first-order valence-electron chi connectivity index (χ1n) is 8.50. The molecule has 3 N–H and O–H groups in total. The predicted octanol–water partition coefficient (Wildman–Crippen LogP) is 0.791. The van der Waals surface area contributed by atoms with Crippen molar-refractivity contribution in [2.45, 2.75) is 31.7 Å². The summed E-state index contributed by atoms with van der Waals surface area (Å²) in [6, 6.07) is 5.47. The van der Waals surface area contributed by atoms with Crippen molar-refractivity contribution in [2.24, 2.45) is 11.8 Å². The first-order chi connectivity index (χ1) is 12.9. The Bertz CT molecular complexity index is 918. The van der Waals surface area contributed by atoms with E-state index in [4.69, 9.17) is 15.2 Å². The highest BCUT2D eigenvalue weighted by Gasteiger charge is 2.56. The Morgan fingerprint density at radius 1 is 1.63 bits per heavy atom. The molecule has 1 aliphatic rings. The molecule has 0 amide bonds. The summed E-state index contributed by atoms with van der Waals surface area (Å²) in [6.45, 7) is 6.97. The van der Waals surface area contributed by atoms with Crippen LogP contribution in [0.15, 0.2) is 31.1 Å². The molecule has 0 radical (unpaired) electrons. The number of carbonyl (C=O) groups excluding carboxylic acids is 1. The van der Waals surface area contributed by atoms with Crippen LogP contribution in [0.2, 0.25) is 0 Å². The van der Waals surface area contributed by atoms with Crippen molar-refractivity contribution < 1.29 is 19.4 Å². The van der Waals surface area contributed by atoms with Crippen molar-refractivity contribution in [3.05, 3.63) is 36.8 Å². The van der Waals surface area contributed by atoms with Gasteiger partial charge < -0.3 is 20.3 Å². The monoisotopic (exact) mass is 371 g/mol. The number of aliphatic hydroxyl groups excluding tert-OH is 1. The summed E-state index contributed by atoms with van der Waals surface area (Å²) in [4.78, 5) is 15.7. The van der Waals surface area contributed by atoms with Gasteiger partial charge in [0.25, 0.3) is 0 Å². The first kappa shape index (κ1) is 18.8. The second-order valence-corrected chi connectivity index (χ2v) is 6.70. The number of rotatable bonds is 5. The van der Waals surface area contributed by atoms with E-state index in [9.17, 15) is 15.2 Å². The van der Waals surface area contributed by atoms with E-state index in [1.807, 2.05) is 0 Å². The Balaban J connectivity index is 2.00. The molecule has 3 heterocycles. The Labute approximate surface area is 156 Å². The Morgan fingerprint density at radius 2 is 2.37 bits per heavy atom. The number of nitrogen functional groups attached to an aromatic ring is 1. The highest BCUT2D eigenvalue weighted by Crippen LogP contribution is 2.45. The van der Waals surface area contributed by atoms with Gasteiger partial charge in [0.1, 0.15) is 30.6 Å². The minimum absolute atomic E-state index is 0.174. The van der Waals surface area contributed by atoms with Crippen LogP contribution in [0.3, 0.4) is 0 Å². The Kier molecular flexibility index (Phi) is 4.87. The van der Waals surface area contributed by atoms with E-state index in [0.717, 1.165) is 0 Å². The minimum atomic E-state index is -1.57. The SMILES string of the molecule is C=C[C@@H]1[C@H](O)[C@@H](COC(=O)C(C)C)O[C@@]1(C#N)c1ccc2c(N)ncnn12. The van der Waals surface area contributed by atoms with Gasteiger partial charge in [-0.25, -0.2) is 9.50 Å². The quantitative estimate of drug-likeness (QED) is 0.581. The van der Waals surface area contributed by atoms with Gasteiger partial charge in [-0.2, -0.15) is 10.4 Å². The van der Waals surface area contributed by atoms with Crippen LogP contribution in [0.25, 0.3) is 5.52 Å². The summed E-state index contributed by atoms with van der Waals surface area (Å²) in [5.41, 5.74) is 5.19. The van der Waals surface area contributed by atoms with Gasteiger partial charge in [0.05, 0.1) is 23.6 Å². The lowest BCUT2D eigenvalue weighted by atomic mass is 9.83. The number of fused-ring (bicyclic) bond motifs is 1. The average molecular weight is 371 g/mol. The molecular formula is C18H21N5O4. The summed E-state index contributed by atoms with van der Waals surface area (Å²) in [6.07, 6.45) is 0.752. The fourth-order valence-corrected chi connectivity index (χ4v) is 3.25. The zero-order valence-electron chi connectivity index (χ0n) is 15.1. The van der Waals surface area contributed by atoms with Gasteiger partial charge in [-0.15, -0.1) is 6.58 Å². The third-order valence-electron chi connectivity index (χ3n) is 4.70. The molecule has 9 heteroatoms.